The molecule has 2 saturated heterocycles. The van der Waals surface area contributed by atoms with Crippen LogP contribution in [0.1, 0.15) is 12.1 Å². The molecule has 3 heterocycles. The van der Waals surface area contributed by atoms with E-state index in [1.165, 1.54) is 0 Å². The normalized spacial score (nSPS) is 37.3. The topological polar surface area (TPSA) is 64.5 Å². The monoisotopic (exact) mass is 228 g/mol. The molecular formula is C9H12N2O3S. The molecule has 15 heavy (non-hydrogen) atoms. The number of aromatic nitrogens is 2. The summed E-state index contributed by atoms with van der Waals surface area (Å²) in [6, 6.07) is 1.90. The van der Waals surface area contributed by atoms with Gasteiger partial charge in [0, 0.05) is 13.2 Å². The standard InChI is InChI=1S/C9H12N2O3S/c1-11-7(2-4-10-11)9-3-5-15(12,13)6-8(9)14-9/h2,4,8H,3,5-6H2,1H3/t8-,9+/m0/s1. The fourth-order valence-corrected chi connectivity index (χ4v) is 3.95. The van der Waals surface area contributed by atoms with E-state index in [2.05, 4.69) is 5.10 Å². The minimum atomic E-state index is -2.89. The molecule has 0 saturated carbocycles. The zero-order valence-corrected chi connectivity index (χ0v) is 9.20. The Morgan fingerprint density at radius 2 is 2.47 bits per heavy atom. The minimum Gasteiger partial charge on any atom is -0.358 e. The molecule has 2 atom stereocenters. The first kappa shape index (κ1) is 9.35. The lowest BCUT2D eigenvalue weighted by Crippen LogP contribution is -2.31. The fraction of sp³-hybridized carbons (Fsp3) is 0.667. The van der Waals surface area contributed by atoms with Gasteiger partial charge in [-0.15, -0.1) is 0 Å². The van der Waals surface area contributed by atoms with Gasteiger partial charge in [-0.3, -0.25) is 4.68 Å². The van der Waals surface area contributed by atoms with Gasteiger partial charge in [0.2, 0.25) is 0 Å². The van der Waals surface area contributed by atoms with Crippen LogP contribution in [-0.2, 0) is 27.2 Å². The van der Waals surface area contributed by atoms with Crippen molar-refractivity contribution < 1.29 is 13.2 Å². The first-order chi connectivity index (χ1) is 7.04. The van der Waals surface area contributed by atoms with Gasteiger partial charge in [0.15, 0.2) is 9.84 Å². The summed E-state index contributed by atoms with van der Waals surface area (Å²) in [5.74, 6) is 0.368. The molecule has 3 rings (SSSR count). The summed E-state index contributed by atoms with van der Waals surface area (Å²) in [5.41, 5.74) is 0.624. The van der Waals surface area contributed by atoms with E-state index in [9.17, 15) is 8.42 Å². The highest BCUT2D eigenvalue weighted by Crippen LogP contribution is 2.52. The summed E-state index contributed by atoms with van der Waals surface area (Å²) in [5, 5.41) is 4.09. The molecule has 0 amide bonds. The Hall–Kier alpha value is -0.880. The zero-order chi connectivity index (χ0) is 10.7. The Kier molecular flexibility index (Phi) is 1.63. The second-order valence-electron chi connectivity index (χ2n) is 4.20. The summed E-state index contributed by atoms with van der Waals surface area (Å²) in [4.78, 5) is 0. The molecule has 0 aromatic carbocycles. The fourth-order valence-electron chi connectivity index (χ4n) is 2.37. The van der Waals surface area contributed by atoms with Crippen LogP contribution in [0.25, 0.3) is 0 Å². The van der Waals surface area contributed by atoms with E-state index < -0.39 is 9.84 Å². The zero-order valence-electron chi connectivity index (χ0n) is 8.38. The smallest absolute Gasteiger partial charge is 0.153 e. The number of epoxide rings is 1. The van der Waals surface area contributed by atoms with Crippen LogP contribution >= 0.6 is 0 Å². The molecule has 0 radical (unpaired) electrons. The van der Waals surface area contributed by atoms with Gasteiger partial charge in [-0.25, -0.2) is 8.42 Å². The maximum Gasteiger partial charge on any atom is 0.153 e. The summed E-state index contributed by atoms with van der Waals surface area (Å²) in [6.07, 6.45) is 2.11. The molecule has 2 aliphatic heterocycles. The molecule has 0 aliphatic carbocycles. The van der Waals surface area contributed by atoms with Gasteiger partial charge < -0.3 is 4.74 Å². The van der Waals surface area contributed by atoms with Crippen molar-refractivity contribution in [1.82, 2.24) is 9.78 Å². The van der Waals surface area contributed by atoms with Crippen molar-refractivity contribution in [2.75, 3.05) is 11.5 Å². The molecule has 6 heteroatoms. The van der Waals surface area contributed by atoms with E-state index >= 15 is 0 Å². The van der Waals surface area contributed by atoms with Crippen LogP contribution in [-0.4, -0.2) is 35.8 Å². The third-order valence-corrected chi connectivity index (χ3v) is 4.90. The van der Waals surface area contributed by atoms with Crippen LogP contribution < -0.4 is 0 Å². The van der Waals surface area contributed by atoms with Crippen LogP contribution in [0.3, 0.4) is 0 Å². The van der Waals surface area contributed by atoms with Crippen molar-refractivity contribution in [3.63, 3.8) is 0 Å². The number of hydrogen-bond acceptors (Lipinski definition) is 4. The highest BCUT2D eigenvalue weighted by Gasteiger charge is 2.63. The Balaban J connectivity index is 1.96. The number of nitrogens with zero attached hydrogens (tertiary/aromatic N) is 2. The SMILES string of the molecule is Cn1nccc1[C@]12CCS(=O)(=O)C[C@@H]1O2. The van der Waals surface area contributed by atoms with E-state index in [1.807, 2.05) is 13.1 Å². The molecular weight excluding hydrogens is 216 g/mol. The third kappa shape index (κ3) is 1.24. The molecule has 0 bridgehead atoms. The highest BCUT2D eigenvalue weighted by atomic mass is 32.2. The van der Waals surface area contributed by atoms with Crippen molar-refractivity contribution in [3.8, 4) is 0 Å². The Morgan fingerprint density at radius 1 is 1.67 bits per heavy atom. The number of ether oxygens (including phenoxy) is 1. The highest BCUT2D eigenvalue weighted by molar-refractivity contribution is 7.91. The average Bonchev–Trinajstić information content (AvgIpc) is 2.68. The van der Waals surface area contributed by atoms with Crippen LogP contribution in [0.5, 0.6) is 0 Å². The third-order valence-electron chi connectivity index (χ3n) is 3.26. The van der Waals surface area contributed by atoms with Gasteiger partial charge in [-0.1, -0.05) is 0 Å². The van der Waals surface area contributed by atoms with E-state index in [0.717, 1.165) is 5.69 Å². The van der Waals surface area contributed by atoms with Gasteiger partial charge in [-0.05, 0) is 12.5 Å². The molecule has 1 aromatic heterocycles. The van der Waals surface area contributed by atoms with Crippen molar-refractivity contribution in [1.29, 1.82) is 0 Å². The van der Waals surface area contributed by atoms with Crippen molar-refractivity contribution in [2.45, 2.75) is 18.1 Å². The molecule has 82 valence electrons. The lowest BCUT2D eigenvalue weighted by Gasteiger charge is -2.17. The quantitative estimate of drug-likeness (QED) is 0.626. The Morgan fingerprint density at radius 3 is 3.07 bits per heavy atom. The second-order valence-corrected chi connectivity index (χ2v) is 6.43. The van der Waals surface area contributed by atoms with E-state index in [4.69, 9.17) is 4.74 Å². The maximum atomic E-state index is 11.4. The van der Waals surface area contributed by atoms with Crippen LogP contribution in [0.4, 0.5) is 0 Å². The number of rotatable bonds is 1. The summed E-state index contributed by atoms with van der Waals surface area (Å²) in [6.45, 7) is 0. The average molecular weight is 228 g/mol. The lowest BCUT2D eigenvalue weighted by atomic mass is 9.98. The summed E-state index contributed by atoms with van der Waals surface area (Å²) < 4.78 is 30.1. The van der Waals surface area contributed by atoms with E-state index in [-0.39, 0.29) is 23.2 Å². The van der Waals surface area contributed by atoms with Crippen molar-refractivity contribution in [3.05, 3.63) is 18.0 Å². The predicted molar refractivity (Wildman–Crippen MR) is 53.0 cm³/mol. The van der Waals surface area contributed by atoms with Gasteiger partial charge >= 0.3 is 0 Å². The summed E-state index contributed by atoms with van der Waals surface area (Å²) in [7, 11) is -1.03. The van der Waals surface area contributed by atoms with Crippen molar-refractivity contribution in [2.24, 2.45) is 7.05 Å². The van der Waals surface area contributed by atoms with E-state index in [0.29, 0.717) is 6.42 Å². The van der Waals surface area contributed by atoms with Crippen molar-refractivity contribution >= 4 is 9.84 Å². The lowest BCUT2D eigenvalue weighted by molar-refractivity contribution is 0.284. The van der Waals surface area contributed by atoms with Gasteiger partial charge in [0.1, 0.15) is 11.7 Å². The van der Waals surface area contributed by atoms with Crippen LogP contribution in [0, 0.1) is 0 Å². The van der Waals surface area contributed by atoms with E-state index in [1.54, 1.807) is 10.9 Å². The molecule has 2 fully saturated rings. The number of fused-ring (bicyclic) bond motifs is 1. The molecule has 5 nitrogen and oxygen atoms in total. The maximum absolute atomic E-state index is 11.4. The number of sulfone groups is 1. The summed E-state index contributed by atoms with van der Waals surface area (Å²) >= 11 is 0. The first-order valence-corrected chi connectivity index (χ1v) is 6.72. The second kappa shape index (κ2) is 2.62. The molecule has 2 aliphatic rings. The Labute approximate surface area is 88.0 Å². The van der Waals surface area contributed by atoms with Gasteiger partial charge in [-0.2, -0.15) is 5.10 Å². The molecule has 0 unspecified atom stereocenters. The number of aryl methyl sites for hydroxylation is 1. The van der Waals surface area contributed by atoms with Gasteiger partial charge in [0.25, 0.3) is 0 Å². The first-order valence-electron chi connectivity index (χ1n) is 4.90. The number of hydrogen-bond donors (Lipinski definition) is 0. The predicted octanol–water partition coefficient (Wildman–Crippen LogP) is -0.167. The molecule has 0 N–H and O–H groups in total. The molecule has 0 spiro atoms. The molecule has 1 aromatic rings. The Bertz CT molecular complexity index is 507. The van der Waals surface area contributed by atoms with Crippen LogP contribution in [0.15, 0.2) is 12.3 Å². The largest absolute Gasteiger partial charge is 0.358 e. The van der Waals surface area contributed by atoms with Gasteiger partial charge in [0.05, 0.1) is 17.2 Å². The minimum absolute atomic E-state index is 0.151. The van der Waals surface area contributed by atoms with Crippen LogP contribution in [0.2, 0.25) is 0 Å².